The second-order valence-electron chi connectivity index (χ2n) is 4.40. The minimum absolute atomic E-state index is 0.253. The average Bonchev–Trinajstić information content (AvgIpc) is 2.99. The van der Waals surface area contributed by atoms with Gasteiger partial charge < -0.3 is 4.42 Å². The Bertz CT molecular complexity index is 724. The van der Waals surface area contributed by atoms with Crippen LogP contribution in [0.5, 0.6) is 0 Å². The van der Waals surface area contributed by atoms with Crippen LogP contribution in [0.15, 0.2) is 51.8 Å². The normalized spacial score (nSPS) is 17.0. The first-order chi connectivity index (χ1) is 10.1. The number of thioether (sulfide) groups is 1. The summed E-state index contributed by atoms with van der Waals surface area (Å²) in [6.45, 7) is 0.290. The number of furan rings is 1. The van der Waals surface area contributed by atoms with Crippen molar-refractivity contribution in [3.8, 4) is 0 Å². The number of halogens is 1. The molecule has 0 bridgehead atoms. The maximum Gasteiger partial charge on any atom is 0.293 e. The summed E-state index contributed by atoms with van der Waals surface area (Å²) in [5.41, 5.74) is 0.925. The number of nitrogens with zero attached hydrogens (tertiary/aromatic N) is 1. The van der Waals surface area contributed by atoms with Crippen molar-refractivity contribution in [3.63, 3.8) is 0 Å². The first kappa shape index (κ1) is 14.4. The second-order valence-corrected chi connectivity index (χ2v) is 6.45. The van der Waals surface area contributed by atoms with E-state index < -0.39 is 0 Å². The van der Waals surface area contributed by atoms with Crippen molar-refractivity contribution in [3.05, 3.63) is 62.5 Å². The van der Waals surface area contributed by atoms with Crippen LogP contribution in [0.2, 0.25) is 0 Å². The molecule has 6 heteroatoms. The molecule has 106 valence electrons. The van der Waals surface area contributed by atoms with Crippen LogP contribution < -0.4 is 0 Å². The van der Waals surface area contributed by atoms with Gasteiger partial charge in [-0.3, -0.25) is 14.5 Å². The predicted molar refractivity (Wildman–Crippen MR) is 89.4 cm³/mol. The van der Waals surface area contributed by atoms with Crippen LogP contribution >= 0.6 is 34.4 Å². The number of benzene rings is 1. The Labute approximate surface area is 139 Å². The summed E-state index contributed by atoms with van der Waals surface area (Å²) >= 11 is 2.99. The molecule has 1 aromatic carbocycles. The molecule has 0 aliphatic carbocycles. The molecular formula is C15H10INO3S. The van der Waals surface area contributed by atoms with E-state index >= 15 is 0 Å². The molecule has 2 amide bonds. The van der Waals surface area contributed by atoms with Gasteiger partial charge in [-0.05, 0) is 52.0 Å². The van der Waals surface area contributed by atoms with Crippen LogP contribution in [0.4, 0.5) is 4.79 Å². The molecule has 21 heavy (non-hydrogen) atoms. The Hall–Kier alpha value is -1.54. The minimum atomic E-state index is -0.278. The van der Waals surface area contributed by atoms with Gasteiger partial charge in [0.15, 0.2) is 3.77 Å². The Balaban J connectivity index is 1.81. The molecule has 1 aliphatic rings. The monoisotopic (exact) mass is 411 g/mol. The third-order valence-electron chi connectivity index (χ3n) is 2.92. The molecule has 0 atom stereocenters. The number of carbonyl (C=O) groups excluding carboxylic acids is 2. The van der Waals surface area contributed by atoms with Gasteiger partial charge in [0, 0.05) is 6.08 Å². The van der Waals surface area contributed by atoms with E-state index in [1.807, 2.05) is 30.3 Å². The van der Waals surface area contributed by atoms with Crippen molar-refractivity contribution >= 4 is 51.6 Å². The van der Waals surface area contributed by atoms with Gasteiger partial charge in [-0.25, -0.2) is 0 Å². The highest BCUT2D eigenvalue weighted by molar-refractivity contribution is 14.1. The lowest BCUT2D eigenvalue weighted by Crippen LogP contribution is -2.27. The quantitative estimate of drug-likeness (QED) is 0.563. The van der Waals surface area contributed by atoms with Crippen LogP contribution in [-0.4, -0.2) is 16.0 Å². The lowest BCUT2D eigenvalue weighted by molar-refractivity contribution is -0.123. The van der Waals surface area contributed by atoms with Gasteiger partial charge >= 0.3 is 0 Å². The van der Waals surface area contributed by atoms with E-state index in [9.17, 15) is 9.59 Å². The second kappa shape index (κ2) is 6.07. The van der Waals surface area contributed by atoms with Crippen molar-refractivity contribution in [2.45, 2.75) is 6.54 Å². The number of hydrogen-bond donors (Lipinski definition) is 0. The predicted octanol–water partition coefficient (Wildman–Crippen LogP) is 4.12. The Kier molecular flexibility index (Phi) is 4.16. The van der Waals surface area contributed by atoms with Gasteiger partial charge in [0.25, 0.3) is 11.1 Å². The summed E-state index contributed by atoms with van der Waals surface area (Å²) in [7, 11) is 0. The fraction of sp³-hybridized carbons (Fsp3) is 0.0667. The van der Waals surface area contributed by atoms with Crippen LogP contribution in [0.3, 0.4) is 0 Å². The summed E-state index contributed by atoms with van der Waals surface area (Å²) in [6, 6.07) is 13.0. The molecule has 1 aliphatic heterocycles. The summed E-state index contributed by atoms with van der Waals surface area (Å²) < 4.78 is 6.14. The zero-order chi connectivity index (χ0) is 14.8. The van der Waals surface area contributed by atoms with Crippen LogP contribution in [0, 0.1) is 3.77 Å². The average molecular weight is 411 g/mol. The van der Waals surface area contributed by atoms with E-state index in [4.69, 9.17) is 4.42 Å². The van der Waals surface area contributed by atoms with Crippen LogP contribution in [0.1, 0.15) is 11.3 Å². The first-order valence-electron chi connectivity index (χ1n) is 6.18. The molecule has 2 aromatic rings. The number of imide groups is 1. The maximum absolute atomic E-state index is 12.3. The molecule has 0 saturated carbocycles. The topological polar surface area (TPSA) is 50.5 Å². The molecule has 1 fully saturated rings. The number of rotatable bonds is 3. The van der Waals surface area contributed by atoms with Gasteiger partial charge in [-0.1, -0.05) is 30.3 Å². The fourth-order valence-corrected chi connectivity index (χ4v) is 3.19. The Morgan fingerprint density at radius 2 is 1.90 bits per heavy atom. The van der Waals surface area contributed by atoms with E-state index in [2.05, 4.69) is 22.6 Å². The zero-order valence-corrected chi connectivity index (χ0v) is 13.8. The molecule has 1 aromatic heterocycles. The largest absolute Gasteiger partial charge is 0.451 e. The zero-order valence-electron chi connectivity index (χ0n) is 10.8. The van der Waals surface area contributed by atoms with Crippen molar-refractivity contribution in [1.82, 2.24) is 4.90 Å². The van der Waals surface area contributed by atoms with Crippen molar-refractivity contribution in [1.29, 1.82) is 0 Å². The lowest BCUT2D eigenvalue weighted by Gasteiger charge is -2.11. The summed E-state index contributed by atoms with van der Waals surface area (Å²) in [5.74, 6) is 0.296. The van der Waals surface area contributed by atoms with Gasteiger partial charge in [-0.15, -0.1) is 0 Å². The third-order valence-corrected chi connectivity index (χ3v) is 4.41. The van der Waals surface area contributed by atoms with E-state index in [0.717, 1.165) is 21.1 Å². The summed E-state index contributed by atoms with van der Waals surface area (Å²) in [6.07, 6.45) is 1.61. The SMILES string of the molecule is O=C1S/C(=C\c2ccc(I)o2)C(=O)N1Cc1ccccc1. The number of hydrogen-bond acceptors (Lipinski definition) is 4. The van der Waals surface area contributed by atoms with E-state index in [1.54, 1.807) is 18.2 Å². The summed E-state index contributed by atoms with van der Waals surface area (Å²) in [5, 5.41) is -0.253. The van der Waals surface area contributed by atoms with Gasteiger partial charge in [0.2, 0.25) is 0 Å². The first-order valence-corrected chi connectivity index (χ1v) is 8.07. The van der Waals surface area contributed by atoms with Crippen LogP contribution in [-0.2, 0) is 11.3 Å². The Morgan fingerprint density at radius 1 is 1.14 bits per heavy atom. The highest BCUT2D eigenvalue weighted by Gasteiger charge is 2.35. The molecule has 0 radical (unpaired) electrons. The van der Waals surface area contributed by atoms with E-state index in [0.29, 0.717) is 17.2 Å². The van der Waals surface area contributed by atoms with E-state index in [1.165, 1.54) is 4.90 Å². The fourth-order valence-electron chi connectivity index (χ4n) is 1.94. The van der Waals surface area contributed by atoms with Crippen LogP contribution in [0.25, 0.3) is 6.08 Å². The molecular weight excluding hydrogens is 401 g/mol. The molecule has 1 saturated heterocycles. The minimum Gasteiger partial charge on any atom is -0.451 e. The molecule has 3 rings (SSSR count). The third kappa shape index (κ3) is 3.21. The van der Waals surface area contributed by atoms with Crippen molar-refractivity contribution in [2.75, 3.05) is 0 Å². The van der Waals surface area contributed by atoms with Gasteiger partial charge in [0.05, 0.1) is 11.4 Å². The molecule has 0 unspecified atom stereocenters. The molecule has 0 spiro atoms. The molecule has 0 N–H and O–H groups in total. The molecule has 4 nitrogen and oxygen atoms in total. The van der Waals surface area contributed by atoms with Crippen molar-refractivity contribution in [2.24, 2.45) is 0 Å². The number of amides is 2. The highest BCUT2D eigenvalue weighted by atomic mass is 127. The van der Waals surface area contributed by atoms with Gasteiger partial charge in [0.1, 0.15) is 5.76 Å². The maximum atomic E-state index is 12.3. The smallest absolute Gasteiger partial charge is 0.293 e. The lowest BCUT2D eigenvalue weighted by atomic mass is 10.2. The summed E-state index contributed by atoms with van der Waals surface area (Å²) in [4.78, 5) is 25.9. The highest BCUT2D eigenvalue weighted by Crippen LogP contribution is 2.33. The standard InChI is InChI=1S/C15H10INO3S/c16-13-7-6-11(20-13)8-12-14(18)17(15(19)21-12)9-10-4-2-1-3-5-10/h1-8H,9H2/b12-8-. The number of carbonyl (C=O) groups is 2. The van der Waals surface area contributed by atoms with E-state index in [-0.39, 0.29) is 11.1 Å². The Morgan fingerprint density at radius 3 is 2.57 bits per heavy atom. The molecule has 2 heterocycles. The van der Waals surface area contributed by atoms with Crippen molar-refractivity contribution < 1.29 is 14.0 Å². The van der Waals surface area contributed by atoms with Gasteiger partial charge in [-0.2, -0.15) is 0 Å².